The van der Waals surface area contributed by atoms with Crippen molar-refractivity contribution in [2.45, 2.75) is 6.92 Å². The van der Waals surface area contributed by atoms with Crippen molar-refractivity contribution in [3.8, 4) is 11.6 Å². The molecule has 0 unspecified atom stereocenters. The van der Waals surface area contributed by atoms with Crippen LogP contribution in [0.1, 0.15) is 16.2 Å². The number of nitro groups is 1. The highest BCUT2D eigenvalue weighted by molar-refractivity contribution is 5.87. The number of carbonyl (C=O) groups is 1. The summed E-state index contributed by atoms with van der Waals surface area (Å²) in [5, 5.41) is 19.7. The summed E-state index contributed by atoms with van der Waals surface area (Å²) in [7, 11) is 1.55. The Morgan fingerprint density at radius 2 is 2.20 bits per heavy atom. The van der Waals surface area contributed by atoms with Crippen LogP contribution in [0.15, 0.2) is 18.5 Å². The molecule has 2 heterocycles. The molecule has 0 atom stereocenters. The predicted octanol–water partition coefficient (Wildman–Crippen LogP) is 1.52. The summed E-state index contributed by atoms with van der Waals surface area (Å²) in [6.07, 6.45) is 2.41. The third kappa shape index (κ3) is 2.41. The molecular weight excluding hydrogens is 268 g/mol. The van der Waals surface area contributed by atoms with Gasteiger partial charge >= 0.3 is 17.7 Å². The smallest absolute Gasteiger partial charge is 0.427 e. The van der Waals surface area contributed by atoms with E-state index in [2.05, 4.69) is 9.97 Å². The Bertz CT molecular complexity index is 694. The summed E-state index contributed by atoms with van der Waals surface area (Å²) in [5.74, 6) is -1.22. The zero-order valence-corrected chi connectivity index (χ0v) is 10.6. The molecule has 0 amide bonds. The number of imidazole rings is 1. The molecule has 0 aliphatic carbocycles. The molecule has 1 N–H and O–H groups in total. The Morgan fingerprint density at radius 3 is 2.80 bits per heavy atom. The van der Waals surface area contributed by atoms with Gasteiger partial charge in [0.2, 0.25) is 5.82 Å². The fourth-order valence-electron chi connectivity index (χ4n) is 1.51. The third-order valence-corrected chi connectivity index (χ3v) is 2.60. The predicted molar refractivity (Wildman–Crippen MR) is 65.9 cm³/mol. The number of nitrogens with zero attached hydrogens (tertiary/aromatic N) is 4. The first-order valence-electron chi connectivity index (χ1n) is 5.44. The number of aromatic nitrogens is 3. The van der Waals surface area contributed by atoms with E-state index in [1.807, 2.05) is 0 Å². The van der Waals surface area contributed by atoms with E-state index in [-0.39, 0.29) is 17.2 Å². The molecular formula is C11H10N4O5. The number of pyridine rings is 1. The standard InChI is InChI=1S/C11H10N4O5/c1-6-13-9(15(18)19)10(14(6)2)20-8-3-7(11(16)17)4-12-5-8/h3-5H,1-2H3,(H,16,17). The molecule has 0 spiro atoms. The molecule has 20 heavy (non-hydrogen) atoms. The van der Waals surface area contributed by atoms with Gasteiger partial charge in [0.15, 0.2) is 0 Å². The van der Waals surface area contributed by atoms with Crippen LogP contribution in [0.5, 0.6) is 11.6 Å². The Balaban J connectivity index is 2.42. The van der Waals surface area contributed by atoms with Crippen LogP contribution in [-0.4, -0.2) is 30.5 Å². The largest absolute Gasteiger partial charge is 0.478 e. The maximum Gasteiger partial charge on any atom is 0.427 e. The van der Waals surface area contributed by atoms with Crippen LogP contribution in [-0.2, 0) is 7.05 Å². The molecule has 2 aromatic heterocycles. The second-order valence-corrected chi connectivity index (χ2v) is 3.92. The number of ether oxygens (including phenoxy) is 1. The highest BCUT2D eigenvalue weighted by Crippen LogP contribution is 2.31. The van der Waals surface area contributed by atoms with Crippen molar-refractivity contribution in [1.29, 1.82) is 0 Å². The SMILES string of the molecule is Cc1nc([N+](=O)[O-])c(Oc2cncc(C(=O)O)c2)n1C. The van der Waals surface area contributed by atoms with Crippen LogP contribution in [0.3, 0.4) is 0 Å². The van der Waals surface area contributed by atoms with Crippen LogP contribution in [0.2, 0.25) is 0 Å². The molecule has 2 rings (SSSR count). The average Bonchev–Trinajstić information content (AvgIpc) is 2.67. The van der Waals surface area contributed by atoms with Crippen molar-refractivity contribution in [3.63, 3.8) is 0 Å². The van der Waals surface area contributed by atoms with Crippen molar-refractivity contribution >= 4 is 11.8 Å². The lowest BCUT2D eigenvalue weighted by atomic mass is 10.3. The molecule has 9 heteroatoms. The second kappa shape index (κ2) is 4.96. The third-order valence-electron chi connectivity index (χ3n) is 2.60. The molecule has 0 aliphatic rings. The quantitative estimate of drug-likeness (QED) is 0.664. The van der Waals surface area contributed by atoms with Crippen LogP contribution < -0.4 is 4.74 Å². The van der Waals surface area contributed by atoms with Gasteiger partial charge in [0.25, 0.3) is 0 Å². The summed E-state index contributed by atoms with van der Waals surface area (Å²) in [6, 6.07) is 1.22. The summed E-state index contributed by atoms with van der Waals surface area (Å²) in [5.41, 5.74) is -0.0796. The summed E-state index contributed by atoms with van der Waals surface area (Å²) < 4.78 is 6.74. The maximum absolute atomic E-state index is 10.9. The summed E-state index contributed by atoms with van der Waals surface area (Å²) in [4.78, 5) is 28.5. The zero-order valence-electron chi connectivity index (χ0n) is 10.6. The molecule has 0 saturated heterocycles. The molecule has 0 saturated carbocycles. The van der Waals surface area contributed by atoms with Gasteiger partial charge in [0, 0.05) is 20.2 Å². The molecule has 2 aromatic rings. The van der Waals surface area contributed by atoms with E-state index in [4.69, 9.17) is 9.84 Å². The zero-order chi connectivity index (χ0) is 14.9. The summed E-state index contributed by atoms with van der Waals surface area (Å²) >= 11 is 0. The van der Waals surface area contributed by atoms with Gasteiger partial charge in [0.1, 0.15) is 5.75 Å². The van der Waals surface area contributed by atoms with Gasteiger partial charge in [-0.15, -0.1) is 0 Å². The van der Waals surface area contributed by atoms with E-state index < -0.39 is 16.7 Å². The highest BCUT2D eigenvalue weighted by atomic mass is 16.6. The average molecular weight is 278 g/mol. The Kier molecular flexibility index (Phi) is 3.34. The lowest BCUT2D eigenvalue weighted by Gasteiger charge is -2.05. The number of hydrogen-bond acceptors (Lipinski definition) is 6. The van der Waals surface area contributed by atoms with E-state index in [1.54, 1.807) is 14.0 Å². The van der Waals surface area contributed by atoms with Crippen molar-refractivity contribution in [2.24, 2.45) is 7.05 Å². The first-order valence-corrected chi connectivity index (χ1v) is 5.44. The number of carboxylic acids is 1. The Labute approximate surface area is 112 Å². The molecule has 0 aliphatic heterocycles. The fraction of sp³-hybridized carbons (Fsp3) is 0.182. The first kappa shape index (κ1) is 13.5. The fourth-order valence-corrected chi connectivity index (χ4v) is 1.51. The van der Waals surface area contributed by atoms with Gasteiger partial charge in [-0.05, 0) is 16.0 Å². The number of carboxylic acid groups (broad SMARTS) is 1. The normalized spacial score (nSPS) is 10.3. The minimum absolute atomic E-state index is 0.0796. The number of aromatic carboxylic acids is 1. The molecule has 104 valence electrons. The van der Waals surface area contributed by atoms with Crippen LogP contribution >= 0.6 is 0 Å². The highest BCUT2D eigenvalue weighted by Gasteiger charge is 2.26. The van der Waals surface area contributed by atoms with Gasteiger partial charge in [0.05, 0.1) is 11.8 Å². The van der Waals surface area contributed by atoms with Crippen LogP contribution in [0.4, 0.5) is 5.82 Å². The topological polar surface area (TPSA) is 120 Å². The van der Waals surface area contributed by atoms with Crippen molar-refractivity contribution in [1.82, 2.24) is 14.5 Å². The molecule has 0 fully saturated rings. The lowest BCUT2D eigenvalue weighted by Crippen LogP contribution is -2.00. The van der Waals surface area contributed by atoms with Crippen molar-refractivity contribution < 1.29 is 19.6 Å². The summed E-state index contributed by atoms with van der Waals surface area (Å²) in [6.45, 7) is 1.59. The minimum Gasteiger partial charge on any atom is -0.478 e. The van der Waals surface area contributed by atoms with Gasteiger partial charge in [-0.1, -0.05) is 0 Å². The van der Waals surface area contributed by atoms with E-state index in [0.29, 0.717) is 5.82 Å². The first-order chi connectivity index (χ1) is 9.40. The van der Waals surface area contributed by atoms with E-state index >= 15 is 0 Å². The number of aryl methyl sites for hydroxylation is 1. The lowest BCUT2D eigenvalue weighted by molar-refractivity contribution is -0.390. The second-order valence-electron chi connectivity index (χ2n) is 3.92. The van der Waals surface area contributed by atoms with Crippen LogP contribution in [0.25, 0.3) is 0 Å². The van der Waals surface area contributed by atoms with E-state index in [1.165, 1.54) is 16.8 Å². The van der Waals surface area contributed by atoms with Gasteiger partial charge < -0.3 is 20.0 Å². The van der Waals surface area contributed by atoms with Gasteiger partial charge in [-0.25, -0.2) is 4.79 Å². The molecule has 0 aromatic carbocycles. The number of rotatable bonds is 4. The van der Waals surface area contributed by atoms with Crippen LogP contribution in [0, 0.1) is 17.0 Å². The molecule has 0 radical (unpaired) electrons. The van der Waals surface area contributed by atoms with E-state index in [9.17, 15) is 14.9 Å². The minimum atomic E-state index is -1.17. The Hall–Kier alpha value is -2.97. The van der Waals surface area contributed by atoms with Crippen molar-refractivity contribution in [3.05, 3.63) is 40.0 Å². The van der Waals surface area contributed by atoms with Crippen molar-refractivity contribution in [2.75, 3.05) is 0 Å². The van der Waals surface area contributed by atoms with Gasteiger partial charge in [-0.2, -0.15) is 0 Å². The monoisotopic (exact) mass is 278 g/mol. The number of hydrogen-bond donors (Lipinski definition) is 1. The molecule has 9 nitrogen and oxygen atoms in total. The Morgan fingerprint density at radius 1 is 1.50 bits per heavy atom. The van der Waals surface area contributed by atoms with Gasteiger partial charge in [-0.3, -0.25) is 9.55 Å². The van der Waals surface area contributed by atoms with E-state index in [0.717, 1.165) is 6.20 Å². The maximum atomic E-state index is 10.9. The molecule has 0 bridgehead atoms.